The second-order valence-corrected chi connectivity index (χ2v) is 13.7. The molecule has 0 bridgehead atoms. The van der Waals surface area contributed by atoms with Gasteiger partial charge in [-0.15, -0.1) is 0 Å². The third kappa shape index (κ3) is 1.79. The number of carbonyl (C=O) groups is 1. The second kappa shape index (κ2) is 5.35. The van der Waals surface area contributed by atoms with E-state index in [1.165, 1.54) is 29.2 Å². The van der Waals surface area contributed by atoms with E-state index < -0.39 is 23.4 Å². The van der Waals surface area contributed by atoms with Crippen molar-refractivity contribution in [2.75, 3.05) is 0 Å². The number of benzene rings is 3. The first-order chi connectivity index (χ1) is 18.4. The SMILES string of the molecule is CC1C2C1C21C2C1C21C2C1C21C2C(c3ccc(-c4ccc(C(=O)Oc5cc(F)c(F)c(F)c5)cc4)cc3)C21. The molecule has 38 heavy (non-hydrogen) atoms. The van der Waals surface area contributed by atoms with Crippen LogP contribution in [0.2, 0.25) is 0 Å². The first-order valence-electron chi connectivity index (χ1n) is 14.0. The first kappa shape index (κ1) is 19.9. The molecule has 2 nitrogen and oxygen atoms in total. The second-order valence-electron chi connectivity index (χ2n) is 13.7. The Labute approximate surface area is 217 Å². The molecule has 8 fully saturated rings. The molecule has 8 aliphatic carbocycles. The maximum atomic E-state index is 13.4. The fourth-order valence-electron chi connectivity index (χ4n) is 11.6. The lowest BCUT2D eigenvalue weighted by Crippen LogP contribution is -2.26. The van der Waals surface area contributed by atoms with Gasteiger partial charge in [0.15, 0.2) is 17.5 Å². The molecule has 8 unspecified atom stereocenters. The van der Waals surface area contributed by atoms with Crippen molar-refractivity contribution in [1.29, 1.82) is 0 Å². The zero-order valence-electron chi connectivity index (χ0n) is 20.5. The lowest BCUT2D eigenvalue weighted by molar-refractivity contribution is 0.0733. The number of halogens is 3. The van der Waals surface area contributed by atoms with Gasteiger partial charge in [0.2, 0.25) is 0 Å². The maximum absolute atomic E-state index is 13.4. The molecule has 11 rings (SSSR count). The molecular formula is C33H23F3O2. The molecule has 0 radical (unpaired) electrons. The Morgan fingerprint density at radius 1 is 0.711 bits per heavy atom. The third-order valence-corrected chi connectivity index (χ3v) is 12.9. The summed E-state index contributed by atoms with van der Waals surface area (Å²) >= 11 is 0. The van der Waals surface area contributed by atoms with Gasteiger partial charge in [-0.2, -0.15) is 0 Å². The molecule has 8 saturated carbocycles. The van der Waals surface area contributed by atoms with Crippen molar-refractivity contribution in [3.05, 3.63) is 89.2 Å². The molecule has 3 spiro atoms. The highest BCUT2D eigenvalue weighted by Crippen LogP contribution is 3.26. The minimum absolute atomic E-state index is 0.243. The van der Waals surface area contributed by atoms with Crippen molar-refractivity contribution in [3.63, 3.8) is 0 Å². The van der Waals surface area contributed by atoms with Crippen LogP contribution >= 0.6 is 0 Å². The van der Waals surface area contributed by atoms with Gasteiger partial charge in [-0.25, -0.2) is 18.0 Å². The van der Waals surface area contributed by atoms with Crippen LogP contribution in [0.5, 0.6) is 5.75 Å². The van der Waals surface area contributed by atoms with E-state index in [1.807, 2.05) is 12.1 Å². The minimum atomic E-state index is -1.59. The van der Waals surface area contributed by atoms with Gasteiger partial charge in [0.25, 0.3) is 0 Å². The number of fused-ring (bicyclic) bond motifs is 16. The summed E-state index contributed by atoms with van der Waals surface area (Å²) in [5, 5.41) is 0. The lowest BCUT2D eigenvalue weighted by Gasteiger charge is -2.29. The minimum Gasteiger partial charge on any atom is -0.423 e. The van der Waals surface area contributed by atoms with Crippen LogP contribution in [0, 0.1) is 87.0 Å². The van der Waals surface area contributed by atoms with Crippen molar-refractivity contribution < 1.29 is 22.7 Å². The van der Waals surface area contributed by atoms with Gasteiger partial charge in [0.05, 0.1) is 5.56 Å². The van der Waals surface area contributed by atoms with E-state index in [2.05, 4.69) is 31.2 Å². The van der Waals surface area contributed by atoms with E-state index in [-0.39, 0.29) is 11.3 Å². The van der Waals surface area contributed by atoms with Crippen molar-refractivity contribution >= 4 is 5.97 Å². The monoisotopic (exact) mass is 508 g/mol. The summed E-state index contributed by atoms with van der Waals surface area (Å²) < 4.78 is 44.9. The van der Waals surface area contributed by atoms with E-state index in [0.29, 0.717) is 12.1 Å². The molecular weight excluding hydrogens is 485 g/mol. The molecule has 0 aromatic heterocycles. The Kier molecular flexibility index (Phi) is 2.80. The molecule has 188 valence electrons. The molecule has 0 heterocycles. The Morgan fingerprint density at radius 3 is 1.74 bits per heavy atom. The van der Waals surface area contributed by atoms with Gasteiger partial charge < -0.3 is 4.74 Å². The first-order valence-corrected chi connectivity index (χ1v) is 14.0. The lowest BCUT2D eigenvalue weighted by atomic mass is 9.74. The molecule has 0 N–H and O–H groups in total. The van der Waals surface area contributed by atoms with E-state index in [4.69, 9.17) is 4.74 Å². The number of hydrogen-bond acceptors (Lipinski definition) is 2. The van der Waals surface area contributed by atoms with Crippen LogP contribution in [0.4, 0.5) is 13.2 Å². The number of hydrogen-bond donors (Lipinski definition) is 0. The summed E-state index contributed by atoms with van der Waals surface area (Å²) in [7, 11) is 0. The van der Waals surface area contributed by atoms with E-state index in [9.17, 15) is 18.0 Å². The van der Waals surface area contributed by atoms with Gasteiger partial charge in [0.1, 0.15) is 5.75 Å². The number of rotatable bonds is 4. The molecule has 0 aliphatic heterocycles. The van der Waals surface area contributed by atoms with Crippen molar-refractivity contribution in [1.82, 2.24) is 0 Å². The fraction of sp³-hybridized carbons (Fsp3) is 0.424. The predicted molar refractivity (Wildman–Crippen MR) is 130 cm³/mol. The van der Waals surface area contributed by atoms with Crippen LogP contribution < -0.4 is 4.74 Å². The molecule has 0 amide bonds. The number of carbonyl (C=O) groups excluding carboxylic acids is 1. The standard InChI is InChI=1S/C33H23F3O2/c1-12-21-22(12)31(21)26-27(31)33(26)28-29(33)32(28)23-20(24(23)32)15-6-2-13(3-7-15)14-4-8-16(9-5-14)30(37)38-17-10-18(34)25(36)19(35)11-17/h2-12,20-24,26-29H,1H3. The smallest absolute Gasteiger partial charge is 0.343 e. The normalized spacial score (nSPS) is 50.5. The highest BCUT2D eigenvalue weighted by atomic mass is 19.2. The summed E-state index contributed by atoms with van der Waals surface area (Å²) in [6.45, 7) is 2.46. The molecule has 5 heteroatoms. The van der Waals surface area contributed by atoms with Crippen LogP contribution in [-0.2, 0) is 0 Å². The van der Waals surface area contributed by atoms with Gasteiger partial charge in [-0.3, -0.25) is 0 Å². The topological polar surface area (TPSA) is 26.3 Å². The maximum Gasteiger partial charge on any atom is 0.343 e. The summed E-state index contributed by atoms with van der Waals surface area (Å²) in [6, 6.07) is 17.1. The predicted octanol–water partition coefficient (Wildman–Crippen LogP) is 6.71. The molecule has 3 aromatic carbocycles. The molecule has 0 saturated heterocycles. The Morgan fingerprint density at radius 2 is 1.21 bits per heavy atom. The molecule has 3 aromatic rings. The molecule has 8 aliphatic rings. The van der Waals surface area contributed by atoms with Crippen molar-refractivity contribution in [2.24, 2.45) is 69.5 Å². The highest BCUT2D eigenvalue weighted by Gasteiger charge is 3.24. The Bertz CT molecular complexity index is 1620. The fourth-order valence-corrected chi connectivity index (χ4v) is 11.6. The van der Waals surface area contributed by atoms with Crippen LogP contribution in [0.3, 0.4) is 0 Å². The number of ether oxygens (including phenoxy) is 1. The average Bonchev–Trinajstić information content (AvgIpc) is 3.70. The van der Waals surface area contributed by atoms with Crippen LogP contribution in [0.25, 0.3) is 11.1 Å². The van der Waals surface area contributed by atoms with Gasteiger partial charge in [-0.1, -0.05) is 43.3 Å². The van der Waals surface area contributed by atoms with Crippen LogP contribution in [0.1, 0.15) is 28.8 Å². The molecule has 8 atom stereocenters. The average molecular weight is 509 g/mol. The summed E-state index contributed by atoms with van der Waals surface area (Å²) in [4.78, 5) is 12.4. The summed E-state index contributed by atoms with van der Waals surface area (Å²) in [5.74, 6) is 5.29. The van der Waals surface area contributed by atoms with Gasteiger partial charge >= 0.3 is 5.97 Å². The Balaban J connectivity index is 0.738. The van der Waals surface area contributed by atoms with Gasteiger partial charge in [-0.05, 0) is 104 Å². The van der Waals surface area contributed by atoms with Gasteiger partial charge in [0, 0.05) is 12.1 Å². The van der Waals surface area contributed by atoms with Crippen molar-refractivity contribution in [2.45, 2.75) is 12.8 Å². The van der Waals surface area contributed by atoms with Crippen LogP contribution in [0.15, 0.2) is 60.7 Å². The largest absolute Gasteiger partial charge is 0.423 e. The summed E-state index contributed by atoms with van der Waals surface area (Å²) in [6.07, 6.45) is 0. The quantitative estimate of drug-likeness (QED) is 0.223. The van der Waals surface area contributed by atoms with E-state index >= 15 is 0 Å². The van der Waals surface area contributed by atoms with E-state index in [0.717, 1.165) is 62.9 Å². The van der Waals surface area contributed by atoms with E-state index in [1.54, 1.807) is 12.1 Å². The third-order valence-electron chi connectivity index (χ3n) is 12.9. The van der Waals surface area contributed by atoms with Crippen molar-refractivity contribution in [3.8, 4) is 16.9 Å². The Hall–Kier alpha value is -3.08. The zero-order chi connectivity index (χ0) is 25.2. The zero-order valence-corrected chi connectivity index (χ0v) is 20.5. The highest BCUT2D eigenvalue weighted by molar-refractivity contribution is 5.91. The number of esters is 1. The van der Waals surface area contributed by atoms with Crippen LogP contribution in [-0.4, -0.2) is 5.97 Å². The summed E-state index contributed by atoms with van der Waals surface area (Å²) in [5.41, 5.74) is 6.45.